The normalized spacial score (nSPS) is 13.3. The molecular weight excluding hydrogens is 277 g/mol. The average molecular weight is 297 g/mol. The maximum atomic E-state index is 13.5. The molecule has 0 spiro atoms. The molecule has 0 aliphatic heterocycles. The molecular formula is C15H20FNO4. The van der Waals surface area contributed by atoms with Gasteiger partial charge >= 0.3 is 5.97 Å². The zero-order valence-electron chi connectivity index (χ0n) is 12.4. The van der Waals surface area contributed by atoms with Crippen LogP contribution in [0.4, 0.5) is 4.39 Å². The zero-order valence-corrected chi connectivity index (χ0v) is 12.4. The van der Waals surface area contributed by atoms with Gasteiger partial charge in [0.05, 0.1) is 0 Å². The summed E-state index contributed by atoms with van der Waals surface area (Å²) in [6.07, 6.45) is 0.906. The lowest BCUT2D eigenvalue weighted by Gasteiger charge is -2.25. The fourth-order valence-electron chi connectivity index (χ4n) is 1.93. The van der Waals surface area contributed by atoms with Gasteiger partial charge in [-0.25, -0.2) is 9.18 Å². The van der Waals surface area contributed by atoms with E-state index in [0.29, 0.717) is 12.8 Å². The molecule has 21 heavy (non-hydrogen) atoms. The first kappa shape index (κ1) is 16.9. The van der Waals surface area contributed by atoms with Gasteiger partial charge < -0.3 is 15.2 Å². The number of carbonyl (C=O) groups excluding carboxylic acids is 1. The first-order valence-electron chi connectivity index (χ1n) is 6.72. The summed E-state index contributed by atoms with van der Waals surface area (Å²) in [5.74, 6) is -2.31. The van der Waals surface area contributed by atoms with E-state index in [1.54, 1.807) is 13.0 Å². The van der Waals surface area contributed by atoms with Crippen LogP contribution in [0.2, 0.25) is 0 Å². The molecule has 6 heteroatoms. The largest absolute Gasteiger partial charge is 0.481 e. The van der Waals surface area contributed by atoms with E-state index in [1.165, 1.54) is 19.1 Å². The van der Waals surface area contributed by atoms with Crippen LogP contribution in [-0.2, 0) is 9.59 Å². The van der Waals surface area contributed by atoms with Gasteiger partial charge in [0, 0.05) is 0 Å². The van der Waals surface area contributed by atoms with Crippen LogP contribution in [-0.4, -0.2) is 29.1 Å². The molecule has 0 saturated heterocycles. The highest BCUT2D eigenvalue weighted by Crippen LogP contribution is 2.18. The van der Waals surface area contributed by atoms with Gasteiger partial charge in [0.25, 0.3) is 5.91 Å². The fourth-order valence-corrected chi connectivity index (χ4v) is 1.93. The van der Waals surface area contributed by atoms with Gasteiger partial charge in [-0.1, -0.05) is 19.4 Å². The lowest BCUT2D eigenvalue weighted by Crippen LogP contribution is -2.53. The van der Waals surface area contributed by atoms with Gasteiger partial charge in [-0.05, 0) is 38.0 Å². The van der Waals surface area contributed by atoms with Gasteiger partial charge in [0.15, 0.2) is 18.2 Å². The van der Waals surface area contributed by atoms with Crippen LogP contribution in [0.15, 0.2) is 18.2 Å². The third kappa shape index (κ3) is 4.73. The molecule has 1 rings (SSSR count). The quantitative estimate of drug-likeness (QED) is 0.809. The Morgan fingerprint density at radius 1 is 1.43 bits per heavy atom. The minimum Gasteiger partial charge on any atom is -0.481 e. The molecule has 1 amide bonds. The second kappa shape index (κ2) is 7.06. The monoisotopic (exact) mass is 297 g/mol. The number of carboxylic acids is 1. The zero-order chi connectivity index (χ0) is 16.0. The maximum absolute atomic E-state index is 13.5. The van der Waals surface area contributed by atoms with E-state index in [9.17, 15) is 14.0 Å². The molecule has 2 N–H and O–H groups in total. The van der Waals surface area contributed by atoms with Crippen molar-refractivity contribution in [2.45, 2.75) is 39.2 Å². The third-order valence-electron chi connectivity index (χ3n) is 3.08. The van der Waals surface area contributed by atoms with Crippen LogP contribution in [0.5, 0.6) is 5.75 Å². The van der Waals surface area contributed by atoms with Gasteiger partial charge in [0.1, 0.15) is 5.54 Å². The van der Waals surface area contributed by atoms with Crippen molar-refractivity contribution in [3.8, 4) is 5.75 Å². The van der Waals surface area contributed by atoms with Crippen molar-refractivity contribution in [1.82, 2.24) is 5.32 Å². The Labute approximate surface area is 123 Å². The van der Waals surface area contributed by atoms with Crippen molar-refractivity contribution >= 4 is 11.9 Å². The van der Waals surface area contributed by atoms with Crippen molar-refractivity contribution in [3.63, 3.8) is 0 Å². The van der Waals surface area contributed by atoms with Crippen molar-refractivity contribution in [3.05, 3.63) is 29.6 Å². The van der Waals surface area contributed by atoms with Crippen LogP contribution in [0, 0.1) is 12.7 Å². The lowest BCUT2D eigenvalue weighted by atomic mass is 9.96. The van der Waals surface area contributed by atoms with Crippen LogP contribution in [0.1, 0.15) is 32.3 Å². The van der Waals surface area contributed by atoms with Crippen molar-refractivity contribution in [2.75, 3.05) is 6.61 Å². The lowest BCUT2D eigenvalue weighted by molar-refractivity contribution is -0.147. The third-order valence-corrected chi connectivity index (χ3v) is 3.08. The van der Waals surface area contributed by atoms with E-state index in [0.717, 1.165) is 5.56 Å². The van der Waals surface area contributed by atoms with Crippen LogP contribution < -0.4 is 10.1 Å². The van der Waals surface area contributed by atoms with Crippen molar-refractivity contribution in [1.29, 1.82) is 0 Å². The highest BCUT2D eigenvalue weighted by Gasteiger charge is 2.33. The summed E-state index contributed by atoms with van der Waals surface area (Å²) in [5.41, 5.74) is -0.548. The molecule has 0 heterocycles. The Balaban J connectivity index is 2.65. The molecule has 0 fully saturated rings. The highest BCUT2D eigenvalue weighted by atomic mass is 19.1. The Morgan fingerprint density at radius 3 is 2.67 bits per heavy atom. The number of ether oxygens (including phenoxy) is 1. The summed E-state index contributed by atoms with van der Waals surface area (Å²) in [4.78, 5) is 23.0. The molecule has 1 unspecified atom stereocenters. The standard InChI is InChI=1S/C15H20FNO4/c1-4-7-15(3,14(19)20)17-13(18)9-21-12-8-10(2)5-6-11(12)16/h5-6,8H,4,7,9H2,1-3H3,(H,17,18)(H,19,20). The van der Waals surface area contributed by atoms with E-state index in [1.807, 2.05) is 6.92 Å². The minimum atomic E-state index is -1.35. The fraction of sp³-hybridized carbons (Fsp3) is 0.467. The van der Waals surface area contributed by atoms with Crippen LogP contribution >= 0.6 is 0 Å². The number of carboxylic acid groups (broad SMARTS) is 1. The number of aliphatic carboxylic acids is 1. The number of carbonyl (C=O) groups is 2. The molecule has 116 valence electrons. The second-order valence-corrected chi connectivity index (χ2v) is 5.16. The van der Waals surface area contributed by atoms with Crippen molar-refractivity contribution < 1.29 is 23.8 Å². The summed E-state index contributed by atoms with van der Waals surface area (Å²) in [6, 6.07) is 4.32. The predicted molar refractivity (Wildman–Crippen MR) is 75.7 cm³/mol. The summed E-state index contributed by atoms with van der Waals surface area (Å²) in [5, 5.41) is 11.6. The summed E-state index contributed by atoms with van der Waals surface area (Å²) >= 11 is 0. The molecule has 0 saturated carbocycles. The highest BCUT2D eigenvalue weighted by molar-refractivity contribution is 5.87. The number of hydrogen-bond donors (Lipinski definition) is 2. The Hall–Kier alpha value is -2.11. The van der Waals surface area contributed by atoms with E-state index >= 15 is 0 Å². The Kier molecular flexibility index (Phi) is 5.69. The smallest absolute Gasteiger partial charge is 0.329 e. The first-order valence-corrected chi connectivity index (χ1v) is 6.72. The number of aryl methyl sites for hydroxylation is 1. The molecule has 0 radical (unpaired) electrons. The average Bonchev–Trinajstić information content (AvgIpc) is 2.40. The number of benzene rings is 1. The van der Waals surface area contributed by atoms with Gasteiger partial charge in [-0.2, -0.15) is 0 Å². The first-order chi connectivity index (χ1) is 9.78. The van der Waals surface area contributed by atoms with Crippen LogP contribution in [0.3, 0.4) is 0 Å². The number of nitrogens with one attached hydrogen (secondary N) is 1. The predicted octanol–water partition coefficient (Wildman–Crippen LogP) is 2.27. The number of amides is 1. The van der Waals surface area contributed by atoms with Crippen molar-refractivity contribution in [2.24, 2.45) is 0 Å². The molecule has 1 aromatic rings. The SMILES string of the molecule is CCCC(C)(NC(=O)COc1cc(C)ccc1F)C(=O)O. The topological polar surface area (TPSA) is 75.6 Å². The molecule has 1 aromatic carbocycles. The van der Waals surface area contributed by atoms with Gasteiger partial charge in [-0.15, -0.1) is 0 Å². The van der Waals surface area contributed by atoms with E-state index in [-0.39, 0.29) is 5.75 Å². The maximum Gasteiger partial charge on any atom is 0.329 e. The Bertz CT molecular complexity index is 532. The molecule has 5 nitrogen and oxygen atoms in total. The van der Waals surface area contributed by atoms with E-state index in [2.05, 4.69) is 5.32 Å². The number of halogens is 1. The molecule has 1 atom stereocenters. The Morgan fingerprint density at radius 2 is 2.10 bits per heavy atom. The molecule has 0 bridgehead atoms. The molecule has 0 aliphatic carbocycles. The van der Waals surface area contributed by atoms with Crippen LogP contribution in [0.25, 0.3) is 0 Å². The van der Waals surface area contributed by atoms with E-state index in [4.69, 9.17) is 9.84 Å². The summed E-state index contributed by atoms with van der Waals surface area (Å²) in [6.45, 7) is 4.60. The number of rotatable bonds is 7. The van der Waals surface area contributed by atoms with Gasteiger partial charge in [-0.3, -0.25) is 4.79 Å². The van der Waals surface area contributed by atoms with Gasteiger partial charge in [0.2, 0.25) is 0 Å². The van der Waals surface area contributed by atoms with E-state index < -0.39 is 29.8 Å². The molecule has 0 aliphatic rings. The number of hydrogen-bond acceptors (Lipinski definition) is 3. The second-order valence-electron chi connectivity index (χ2n) is 5.16. The minimum absolute atomic E-state index is 0.0299. The molecule has 0 aromatic heterocycles. The summed E-state index contributed by atoms with van der Waals surface area (Å²) < 4.78 is 18.6. The summed E-state index contributed by atoms with van der Waals surface area (Å²) in [7, 11) is 0.